The van der Waals surface area contributed by atoms with Crippen molar-refractivity contribution in [2.24, 2.45) is 0 Å². The fraction of sp³-hybridized carbons (Fsp3) is 0.0714. The average Bonchev–Trinajstić information content (AvgIpc) is 2.41. The van der Waals surface area contributed by atoms with Crippen LogP contribution in [0.2, 0.25) is 0 Å². The van der Waals surface area contributed by atoms with Crippen molar-refractivity contribution in [3.05, 3.63) is 48.0 Å². The number of rotatable bonds is 3. The molecule has 0 amide bonds. The van der Waals surface area contributed by atoms with Crippen LogP contribution in [-0.4, -0.2) is 7.11 Å². The molecule has 18 heavy (non-hydrogen) atoms. The first kappa shape index (κ1) is 12.3. The Morgan fingerprint density at radius 3 is 2.67 bits per heavy atom. The molecule has 90 valence electrons. The Balaban J connectivity index is 2.26. The van der Waals surface area contributed by atoms with E-state index in [9.17, 15) is 0 Å². The lowest BCUT2D eigenvalue weighted by molar-refractivity contribution is 0.413. The second kappa shape index (κ2) is 5.48. The van der Waals surface area contributed by atoms with Gasteiger partial charge < -0.3 is 10.5 Å². The van der Waals surface area contributed by atoms with Crippen LogP contribution in [0.4, 0.5) is 5.69 Å². The first-order valence-corrected chi connectivity index (χ1v) is 6.16. The summed E-state index contributed by atoms with van der Waals surface area (Å²) in [6.07, 6.45) is 0. The van der Waals surface area contributed by atoms with E-state index in [-0.39, 0.29) is 0 Å². The quantitative estimate of drug-likeness (QED) is 0.856. The molecular formula is C14H12N2OS. The van der Waals surface area contributed by atoms with E-state index in [4.69, 9.17) is 15.7 Å². The maximum absolute atomic E-state index is 8.93. The van der Waals surface area contributed by atoms with Crippen LogP contribution < -0.4 is 10.5 Å². The van der Waals surface area contributed by atoms with Crippen LogP contribution in [0.15, 0.2) is 52.3 Å². The molecule has 0 bridgehead atoms. The van der Waals surface area contributed by atoms with Gasteiger partial charge in [0.05, 0.1) is 12.7 Å². The van der Waals surface area contributed by atoms with Crippen molar-refractivity contribution < 1.29 is 4.74 Å². The van der Waals surface area contributed by atoms with Gasteiger partial charge in [0, 0.05) is 15.5 Å². The number of ether oxygens (including phenoxy) is 1. The fourth-order valence-electron chi connectivity index (χ4n) is 1.50. The van der Waals surface area contributed by atoms with Crippen LogP contribution in [-0.2, 0) is 0 Å². The van der Waals surface area contributed by atoms with Gasteiger partial charge in [-0.3, -0.25) is 0 Å². The molecule has 0 fully saturated rings. The molecular weight excluding hydrogens is 244 g/mol. The molecule has 0 atom stereocenters. The molecule has 2 rings (SSSR count). The number of nitrogens with zero attached hydrogens (tertiary/aromatic N) is 1. The summed E-state index contributed by atoms with van der Waals surface area (Å²) in [6, 6.07) is 15.3. The van der Waals surface area contributed by atoms with E-state index in [2.05, 4.69) is 6.07 Å². The monoisotopic (exact) mass is 256 g/mol. The third-order valence-electron chi connectivity index (χ3n) is 2.42. The summed E-state index contributed by atoms with van der Waals surface area (Å²) in [5, 5.41) is 8.93. The van der Waals surface area contributed by atoms with Gasteiger partial charge in [-0.05, 0) is 36.4 Å². The van der Waals surface area contributed by atoms with Gasteiger partial charge in [-0.1, -0.05) is 17.8 Å². The number of nitrogens with two attached hydrogens (primary N) is 1. The fourth-order valence-corrected chi connectivity index (χ4v) is 2.40. The number of nitrogen functional groups attached to an aromatic ring is 1. The Labute approximate surface area is 110 Å². The van der Waals surface area contributed by atoms with Crippen LogP contribution in [0, 0.1) is 11.3 Å². The Morgan fingerprint density at radius 1 is 1.17 bits per heavy atom. The summed E-state index contributed by atoms with van der Waals surface area (Å²) in [5.74, 6) is 0.816. The number of methoxy groups -OCH3 is 1. The number of anilines is 1. The highest BCUT2D eigenvalue weighted by molar-refractivity contribution is 7.99. The van der Waals surface area contributed by atoms with Crippen molar-refractivity contribution in [3.63, 3.8) is 0 Å². The lowest BCUT2D eigenvalue weighted by Crippen LogP contribution is -1.89. The van der Waals surface area contributed by atoms with Crippen LogP contribution in [0.3, 0.4) is 0 Å². The van der Waals surface area contributed by atoms with E-state index in [1.807, 2.05) is 30.3 Å². The molecule has 0 radical (unpaired) electrons. The molecule has 3 nitrogen and oxygen atoms in total. The maximum atomic E-state index is 8.93. The van der Waals surface area contributed by atoms with Gasteiger partial charge in [-0.2, -0.15) is 5.26 Å². The molecule has 0 unspecified atom stereocenters. The highest BCUT2D eigenvalue weighted by Crippen LogP contribution is 2.31. The number of hydrogen-bond acceptors (Lipinski definition) is 4. The van der Waals surface area contributed by atoms with Gasteiger partial charge in [0.25, 0.3) is 0 Å². The molecule has 0 aliphatic carbocycles. The maximum Gasteiger partial charge on any atom is 0.119 e. The van der Waals surface area contributed by atoms with E-state index < -0.39 is 0 Å². The molecule has 0 aliphatic heterocycles. The standard InChI is InChI=1S/C14H12N2OS/c1-17-11-3-2-4-12(8-11)18-13-5-6-14(16)10(7-13)9-15/h2-8H,16H2,1H3. The van der Waals surface area contributed by atoms with Crippen molar-refractivity contribution in [1.29, 1.82) is 5.26 Å². The van der Waals surface area contributed by atoms with Crippen LogP contribution in [0.1, 0.15) is 5.56 Å². The molecule has 0 saturated heterocycles. The van der Waals surface area contributed by atoms with E-state index in [0.29, 0.717) is 11.3 Å². The zero-order chi connectivity index (χ0) is 13.0. The third kappa shape index (κ3) is 2.76. The Bertz CT molecular complexity index is 605. The predicted molar refractivity (Wildman–Crippen MR) is 72.7 cm³/mol. The van der Waals surface area contributed by atoms with Crippen LogP contribution in [0.5, 0.6) is 5.75 Å². The molecule has 0 spiro atoms. The van der Waals surface area contributed by atoms with Gasteiger partial charge in [0.2, 0.25) is 0 Å². The molecule has 2 N–H and O–H groups in total. The minimum Gasteiger partial charge on any atom is -0.497 e. The van der Waals surface area contributed by atoms with E-state index in [0.717, 1.165) is 15.5 Å². The predicted octanol–water partition coefficient (Wildman–Crippen LogP) is 3.30. The molecule has 0 aliphatic rings. The minimum atomic E-state index is 0.503. The zero-order valence-corrected chi connectivity index (χ0v) is 10.7. The summed E-state index contributed by atoms with van der Waals surface area (Å²) in [6.45, 7) is 0. The Kier molecular flexibility index (Phi) is 3.75. The van der Waals surface area contributed by atoms with Crippen molar-refractivity contribution in [1.82, 2.24) is 0 Å². The van der Waals surface area contributed by atoms with Crippen molar-refractivity contribution in [3.8, 4) is 11.8 Å². The lowest BCUT2D eigenvalue weighted by Gasteiger charge is -2.05. The van der Waals surface area contributed by atoms with Crippen LogP contribution in [0.25, 0.3) is 0 Å². The SMILES string of the molecule is COc1cccc(Sc2ccc(N)c(C#N)c2)c1. The van der Waals surface area contributed by atoms with Gasteiger partial charge >= 0.3 is 0 Å². The van der Waals surface area contributed by atoms with Crippen LogP contribution >= 0.6 is 11.8 Å². The first-order valence-electron chi connectivity index (χ1n) is 5.34. The molecule has 2 aromatic carbocycles. The summed E-state index contributed by atoms with van der Waals surface area (Å²) in [5.41, 5.74) is 6.70. The van der Waals surface area contributed by atoms with Crippen molar-refractivity contribution in [2.45, 2.75) is 9.79 Å². The Hall–Kier alpha value is -2.12. The smallest absolute Gasteiger partial charge is 0.119 e. The summed E-state index contributed by atoms with van der Waals surface area (Å²) in [7, 11) is 1.64. The van der Waals surface area contributed by atoms with Gasteiger partial charge in [0.1, 0.15) is 11.8 Å². The number of hydrogen-bond donors (Lipinski definition) is 1. The molecule has 0 heterocycles. The highest BCUT2D eigenvalue weighted by Gasteiger charge is 2.03. The third-order valence-corrected chi connectivity index (χ3v) is 3.40. The molecule has 0 saturated carbocycles. The van der Waals surface area contributed by atoms with E-state index in [1.54, 1.807) is 31.0 Å². The number of nitriles is 1. The highest BCUT2D eigenvalue weighted by atomic mass is 32.2. The molecule has 4 heteroatoms. The molecule has 2 aromatic rings. The van der Waals surface area contributed by atoms with Crippen molar-refractivity contribution in [2.75, 3.05) is 12.8 Å². The second-order valence-electron chi connectivity index (χ2n) is 3.64. The largest absolute Gasteiger partial charge is 0.497 e. The first-order chi connectivity index (χ1) is 8.72. The Morgan fingerprint density at radius 2 is 1.94 bits per heavy atom. The van der Waals surface area contributed by atoms with E-state index in [1.165, 1.54) is 0 Å². The summed E-state index contributed by atoms with van der Waals surface area (Å²) in [4.78, 5) is 2.04. The molecule has 0 aromatic heterocycles. The topological polar surface area (TPSA) is 59.0 Å². The zero-order valence-electron chi connectivity index (χ0n) is 9.88. The second-order valence-corrected chi connectivity index (χ2v) is 4.79. The van der Waals surface area contributed by atoms with Gasteiger partial charge in [0.15, 0.2) is 0 Å². The summed E-state index contributed by atoms with van der Waals surface area (Å²) >= 11 is 1.57. The number of benzene rings is 2. The summed E-state index contributed by atoms with van der Waals surface area (Å²) < 4.78 is 5.17. The van der Waals surface area contributed by atoms with Gasteiger partial charge in [-0.15, -0.1) is 0 Å². The normalized spacial score (nSPS) is 9.78. The average molecular weight is 256 g/mol. The van der Waals surface area contributed by atoms with Crippen molar-refractivity contribution >= 4 is 17.4 Å². The minimum absolute atomic E-state index is 0.503. The lowest BCUT2D eigenvalue weighted by atomic mass is 10.2. The van der Waals surface area contributed by atoms with E-state index >= 15 is 0 Å². The van der Waals surface area contributed by atoms with Gasteiger partial charge in [-0.25, -0.2) is 0 Å².